The first kappa shape index (κ1) is 14.6. The molecule has 5 nitrogen and oxygen atoms in total. The number of ether oxygens (including phenoxy) is 2. The molecule has 2 fully saturated rings. The molecule has 2 aliphatic heterocycles. The van der Waals surface area contributed by atoms with Crippen molar-refractivity contribution < 1.29 is 14.3 Å². The van der Waals surface area contributed by atoms with Crippen molar-refractivity contribution >= 4 is 16.9 Å². The summed E-state index contributed by atoms with van der Waals surface area (Å²) >= 11 is 0. The fourth-order valence-corrected chi connectivity index (χ4v) is 4.07. The van der Waals surface area contributed by atoms with Crippen molar-refractivity contribution in [3.8, 4) is 5.75 Å². The predicted molar refractivity (Wildman–Crippen MR) is 87.9 cm³/mol. The number of hydrogen-bond donors (Lipinski definition) is 1. The van der Waals surface area contributed by atoms with E-state index in [9.17, 15) is 4.79 Å². The fourth-order valence-electron chi connectivity index (χ4n) is 4.07. The molecule has 2 atom stereocenters. The van der Waals surface area contributed by atoms with Crippen LogP contribution in [0.3, 0.4) is 0 Å². The van der Waals surface area contributed by atoms with Crippen LogP contribution in [0.5, 0.6) is 5.75 Å². The van der Waals surface area contributed by atoms with E-state index >= 15 is 0 Å². The Bertz CT molecular complexity index is 725. The molecule has 2 bridgehead atoms. The quantitative estimate of drug-likeness (QED) is 0.885. The highest BCUT2D eigenvalue weighted by Gasteiger charge is 2.40. The Kier molecular flexibility index (Phi) is 3.53. The average Bonchev–Trinajstić information content (AvgIpc) is 3.04. The van der Waals surface area contributed by atoms with Gasteiger partial charge in [-0.15, -0.1) is 0 Å². The van der Waals surface area contributed by atoms with Gasteiger partial charge in [0.15, 0.2) is 0 Å². The van der Waals surface area contributed by atoms with Crippen molar-refractivity contribution in [1.29, 1.82) is 0 Å². The van der Waals surface area contributed by atoms with Crippen molar-refractivity contribution in [1.82, 2.24) is 9.88 Å². The highest BCUT2D eigenvalue weighted by Crippen LogP contribution is 2.36. The number of aromatic nitrogens is 1. The monoisotopic (exact) mass is 314 g/mol. The van der Waals surface area contributed by atoms with Gasteiger partial charge in [-0.2, -0.15) is 0 Å². The maximum absolute atomic E-state index is 12.6. The Labute approximate surface area is 135 Å². The number of esters is 1. The number of nitrogens with one attached hydrogen (secondary N) is 1. The van der Waals surface area contributed by atoms with Gasteiger partial charge in [0.25, 0.3) is 0 Å². The van der Waals surface area contributed by atoms with Crippen molar-refractivity contribution in [2.75, 3.05) is 14.2 Å². The van der Waals surface area contributed by atoms with Gasteiger partial charge in [0.1, 0.15) is 11.9 Å². The lowest BCUT2D eigenvalue weighted by Crippen LogP contribution is -2.43. The second-order valence-electron chi connectivity index (χ2n) is 6.66. The number of nitrogens with zero attached hydrogens (tertiary/aromatic N) is 1. The zero-order valence-corrected chi connectivity index (χ0v) is 13.5. The third-order valence-electron chi connectivity index (χ3n) is 5.44. The van der Waals surface area contributed by atoms with Crippen LogP contribution in [-0.4, -0.2) is 48.2 Å². The number of H-pyrrole nitrogens is 1. The van der Waals surface area contributed by atoms with E-state index in [2.05, 4.69) is 16.9 Å². The van der Waals surface area contributed by atoms with Crippen LogP contribution < -0.4 is 4.74 Å². The first-order valence-electron chi connectivity index (χ1n) is 8.23. The van der Waals surface area contributed by atoms with Crippen LogP contribution >= 0.6 is 0 Å². The second-order valence-corrected chi connectivity index (χ2v) is 6.66. The molecule has 2 saturated heterocycles. The van der Waals surface area contributed by atoms with Crippen LogP contribution in [0, 0.1) is 0 Å². The summed E-state index contributed by atoms with van der Waals surface area (Å²) < 4.78 is 11.1. The number of methoxy groups -OCH3 is 1. The van der Waals surface area contributed by atoms with E-state index in [4.69, 9.17) is 9.47 Å². The Morgan fingerprint density at radius 2 is 2.00 bits per heavy atom. The van der Waals surface area contributed by atoms with Crippen molar-refractivity contribution in [3.63, 3.8) is 0 Å². The van der Waals surface area contributed by atoms with E-state index in [1.165, 1.54) is 12.8 Å². The number of hydrogen-bond acceptors (Lipinski definition) is 4. The summed E-state index contributed by atoms with van der Waals surface area (Å²) in [5.74, 6) is 0.502. The summed E-state index contributed by atoms with van der Waals surface area (Å²) in [6, 6.07) is 6.80. The molecule has 23 heavy (non-hydrogen) atoms. The summed E-state index contributed by atoms with van der Waals surface area (Å²) in [5, 5.41) is 0.852. The molecule has 122 valence electrons. The summed E-state index contributed by atoms with van der Waals surface area (Å²) in [7, 11) is 3.81. The van der Waals surface area contributed by atoms with Crippen LogP contribution in [-0.2, 0) is 4.74 Å². The number of piperidine rings is 1. The molecule has 0 saturated carbocycles. The normalized spacial score (nSPS) is 27.3. The lowest BCUT2D eigenvalue weighted by atomic mass is 10.0. The minimum Gasteiger partial charge on any atom is -0.497 e. The molecule has 1 aromatic heterocycles. The fraction of sp³-hybridized carbons (Fsp3) is 0.500. The maximum atomic E-state index is 12.6. The molecular formula is C18H22N2O3. The van der Waals surface area contributed by atoms with Crippen molar-refractivity contribution in [3.05, 3.63) is 30.0 Å². The number of benzene rings is 1. The topological polar surface area (TPSA) is 54.6 Å². The third kappa shape index (κ3) is 2.49. The minimum absolute atomic E-state index is 0.0340. The van der Waals surface area contributed by atoms with Gasteiger partial charge in [0.2, 0.25) is 0 Å². The number of carbonyl (C=O) groups is 1. The zero-order valence-electron chi connectivity index (χ0n) is 13.5. The van der Waals surface area contributed by atoms with E-state index in [1.807, 2.05) is 18.2 Å². The maximum Gasteiger partial charge on any atom is 0.340 e. The first-order valence-corrected chi connectivity index (χ1v) is 8.23. The molecule has 2 aliphatic rings. The van der Waals surface area contributed by atoms with E-state index in [1.54, 1.807) is 13.3 Å². The zero-order chi connectivity index (χ0) is 16.0. The lowest BCUT2D eigenvalue weighted by Gasteiger charge is -2.35. The van der Waals surface area contributed by atoms with Gasteiger partial charge in [-0.1, -0.05) is 0 Å². The Morgan fingerprint density at radius 1 is 1.26 bits per heavy atom. The van der Waals surface area contributed by atoms with Crippen molar-refractivity contribution in [2.45, 2.75) is 43.9 Å². The molecule has 2 aromatic rings. The summed E-state index contributed by atoms with van der Waals surface area (Å²) in [6.45, 7) is 0. The van der Waals surface area contributed by atoms with Crippen LogP contribution in [0.25, 0.3) is 10.9 Å². The van der Waals surface area contributed by atoms with Crippen LogP contribution in [0.15, 0.2) is 24.4 Å². The van der Waals surface area contributed by atoms with Gasteiger partial charge < -0.3 is 19.4 Å². The molecule has 0 amide bonds. The standard InChI is InChI=1S/C18H22N2O3/c1-20-11-3-4-12(20)8-14(7-11)23-18(21)16-10-19-17-6-5-13(22-2)9-15(16)17/h5-6,9-12,14,19H,3-4,7-8H2,1-2H3. The van der Waals surface area contributed by atoms with Gasteiger partial charge in [0.05, 0.1) is 12.7 Å². The van der Waals surface area contributed by atoms with E-state index in [0.29, 0.717) is 17.6 Å². The van der Waals surface area contributed by atoms with Crippen LogP contribution in [0.4, 0.5) is 0 Å². The van der Waals surface area contributed by atoms with Gasteiger partial charge in [-0.05, 0) is 38.1 Å². The Balaban J connectivity index is 1.53. The van der Waals surface area contributed by atoms with Gasteiger partial charge in [0, 0.05) is 42.0 Å². The molecule has 4 rings (SSSR count). The van der Waals surface area contributed by atoms with E-state index in [0.717, 1.165) is 29.5 Å². The molecule has 1 N–H and O–H groups in total. The average molecular weight is 314 g/mol. The summed E-state index contributed by atoms with van der Waals surface area (Å²) in [4.78, 5) is 18.2. The van der Waals surface area contributed by atoms with Crippen LogP contribution in [0.1, 0.15) is 36.0 Å². The minimum atomic E-state index is -0.238. The molecule has 2 unspecified atom stereocenters. The van der Waals surface area contributed by atoms with Crippen LogP contribution in [0.2, 0.25) is 0 Å². The third-order valence-corrected chi connectivity index (χ3v) is 5.44. The molecule has 0 spiro atoms. The van der Waals surface area contributed by atoms with Gasteiger partial charge in [-0.25, -0.2) is 4.79 Å². The largest absolute Gasteiger partial charge is 0.497 e. The van der Waals surface area contributed by atoms with Gasteiger partial charge >= 0.3 is 5.97 Å². The van der Waals surface area contributed by atoms with E-state index < -0.39 is 0 Å². The smallest absolute Gasteiger partial charge is 0.340 e. The highest BCUT2D eigenvalue weighted by molar-refractivity contribution is 6.04. The molecule has 0 aliphatic carbocycles. The number of carbonyl (C=O) groups excluding carboxylic acids is 1. The number of aromatic amines is 1. The SMILES string of the molecule is COc1ccc2[nH]cc(C(=O)OC3CC4CCC(C3)N4C)c2c1. The first-order chi connectivity index (χ1) is 11.2. The molecule has 5 heteroatoms. The second kappa shape index (κ2) is 5.57. The van der Waals surface area contributed by atoms with Crippen molar-refractivity contribution in [2.24, 2.45) is 0 Å². The number of fused-ring (bicyclic) bond motifs is 3. The Hall–Kier alpha value is -2.01. The van der Waals surface area contributed by atoms with Gasteiger partial charge in [-0.3, -0.25) is 0 Å². The predicted octanol–water partition coefficient (Wildman–Crippen LogP) is 2.96. The summed E-state index contributed by atoms with van der Waals surface area (Å²) in [5.41, 5.74) is 1.51. The lowest BCUT2D eigenvalue weighted by molar-refractivity contribution is -0.000258. The number of rotatable bonds is 3. The molecular weight excluding hydrogens is 292 g/mol. The molecule has 0 radical (unpaired) electrons. The summed E-state index contributed by atoms with van der Waals surface area (Å²) in [6.07, 6.45) is 6.11. The highest BCUT2D eigenvalue weighted by atomic mass is 16.5. The molecule has 3 heterocycles. The van der Waals surface area contributed by atoms with E-state index in [-0.39, 0.29) is 12.1 Å². The Morgan fingerprint density at radius 3 is 2.70 bits per heavy atom. The molecule has 1 aromatic carbocycles.